The summed E-state index contributed by atoms with van der Waals surface area (Å²) < 4.78 is 1.48. The Balaban J connectivity index is 2.43. The summed E-state index contributed by atoms with van der Waals surface area (Å²) in [6, 6.07) is 2.19. The van der Waals surface area contributed by atoms with Crippen LogP contribution in [0.5, 0.6) is 0 Å². The molecule has 2 atom stereocenters. The fourth-order valence-electron chi connectivity index (χ4n) is 2.11. The minimum atomic E-state index is -0.242. The number of H-pyrrole nitrogens is 1. The lowest BCUT2D eigenvalue weighted by Crippen LogP contribution is -2.31. The molecule has 0 saturated heterocycles. The number of likely N-dealkylation sites (N-methyl/N-ethyl adjacent to an activating group) is 1. The van der Waals surface area contributed by atoms with Gasteiger partial charge in [0.1, 0.15) is 5.82 Å². The molecular formula is C12H19N5O. The van der Waals surface area contributed by atoms with Gasteiger partial charge in [-0.3, -0.25) is 0 Å². The third kappa shape index (κ3) is 2.15. The van der Waals surface area contributed by atoms with E-state index in [9.17, 15) is 4.79 Å². The molecular weight excluding hydrogens is 230 g/mol. The molecule has 2 aromatic rings. The Morgan fingerprint density at radius 3 is 2.89 bits per heavy atom. The summed E-state index contributed by atoms with van der Waals surface area (Å²) in [4.78, 5) is 16.0. The molecule has 2 unspecified atom stereocenters. The zero-order valence-corrected chi connectivity index (χ0v) is 11.2. The number of nitrogens with zero attached hydrogens (tertiary/aromatic N) is 3. The summed E-state index contributed by atoms with van der Waals surface area (Å²) in [6.07, 6.45) is 0. The van der Waals surface area contributed by atoms with Crippen molar-refractivity contribution in [3.05, 3.63) is 28.1 Å². The van der Waals surface area contributed by atoms with Gasteiger partial charge in [-0.15, -0.1) is 0 Å². The van der Waals surface area contributed by atoms with E-state index in [4.69, 9.17) is 0 Å². The molecule has 0 aliphatic rings. The van der Waals surface area contributed by atoms with E-state index in [0.717, 1.165) is 12.2 Å². The van der Waals surface area contributed by atoms with Gasteiger partial charge in [-0.05, 0) is 20.4 Å². The Bertz CT molecular complexity index is 600. The van der Waals surface area contributed by atoms with Gasteiger partial charge in [0.15, 0.2) is 5.65 Å². The highest BCUT2D eigenvalue weighted by molar-refractivity contribution is 5.39. The van der Waals surface area contributed by atoms with Crippen molar-refractivity contribution in [3.8, 4) is 0 Å². The molecule has 2 N–H and O–H groups in total. The molecule has 2 aromatic heterocycles. The van der Waals surface area contributed by atoms with Crippen LogP contribution in [-0.2, 0) is 0 Å². The number of nitrogens with one attached hydrogen (secondary N) is 2. The second-order valence-electron chi connectivity index (χ2n) is 4.59. The van der Waals surface area contributed by atoms with Gasteiger partial charge in [-0.2, -0.15) is 5.10 Å². The first kappa shape index (κ1) is 12.8. The third-order valence-corrected chi connectivity index (χ3v) is 3.33. The van der Waals surface area contributed by atoms with Crippen molar-refractivity contribution in [1.29, 1.82) is 0 Å². The van der Waals surface area contributed by atoms with Crippen molar-refractivity contribution in [2.24, 2.45) is 0 Å². The van der Waals surface area contributed by atoms with Crippen LogP contribution in [0, 0.1) is 6.92 Å². The predicted molar refractivity (Wildman–Crippen MR) is 69.9 cm³/mol. The summed E-state index contributed by atoms with van der Waals surface area (Å²) in [6.45, 7) is 9.08. The quantitative estimate of drug-likeness (QED) is 0.841. The van der Waals surface area contributed by atoms with Crippen molar-refractivity contribution in [2.75, 3.05) is 6.54 Å². The van der Waals surface area contributed by atoms with E-state index >= 15 is 0 Å². The SMILES string of the molecule is CCNC(C)C(C)c1cc2n[nH]c(=O)n2c(C)n1. The van der Waals surface area contributed by atoms with Gasteiger partial charge in [0.2, 0.25) is 0 Å². The van der Waals surface area contributed by atoms with Gasteiger partial charge >= 0.3 is 5.69 Å². The topological polar surface area (TPSA) is 75.1 Å². The zero-order valence-electron chi connectivity index (χ0n) is 11.2. The first-order valence-electron chi connectivity index (χ1n) is 6.22. The summed E-state index contributed by atoms with van der Waals surface area (Å²) in [7, 11) is 0. The number of fused-ring (bicyclic) bond motifs is 1. The standard InChI is InChI=1S/C12H19N5O/c1-5-13-8(3)7(2)10-6-11-15-16-12(18)17(11)9(4)14-10/h6-8,13H,5H2,1-4H3,(H,16,18). The fraction of sp³-hybridized carbons (Fsp3) is 0.583. The van der Waals surface area contributed by atoms with Crippen LogP contribution in [0.25, 0.3) is 5.65 Å². The molecule has 0 radical (unpaired) electrons. The highest BCUT2D eigenvalue weighted by Gasteiger charge is 2.17. The Morgan fingerprint density at radius 2 is 2.22 bits per heavy atom. The smallest absolute Gasteiger partial charge is 0.314 e. The molecule has 2 heterocycles. The molecule has 0 spiro atoms. The van der Waals surface area contributed by atoms with E-state index in [2.05, 4.69) is 41.3 Å². The maximum Gasteiger partial charge on any atom is 0.349 e. The molecule has 0 bridgehead atoms. The van der Waals surface area contributed by atoms with Crippen molar-refractivity contribution in [3.63, 3.8) is 0 Å². The molecule has 6 heteroatoms. The summed E-state index contributed by atoms with van der Waals surface area (Å²) >= 11 is 0. The van der Waals surface area contributed by atoms with Gasteiger partial charge in [-0.25, -0.2) is 19.3 Å². The first-order valence-corrected chi connectivity index (χ1v) is 6.22. The number of aromatic amines is 1. The second-order valence-corrected chi connectivity index (χ2v) is 4.59. The van der Waals surface area contributed by atoms with Gasteiger partial charge < -0.3 is 5.32 Å². The minimum absolute atomic E-state index is 0.242. The summed E-state index contributed by atoms with van der Waals surface area (Å²) in [5.74, 6) is 0.928. The molecule has 2 rings (SSSR count). The molecule has 0 aliphatic heterocycles. The molecule has 6 nitrogen and oxygen atoms in total. The van der Waals surface area contributed by atoms with Crippen LogP contribution in [-0.4, -0.2) is 32.2 Å². The lowest BCUT2D eigenvalue weighted by Gasteiger charge is -2.20. The lowest BCUT2D eigenvalue weighted by atomic mass is 9.99. The van der Waals surface area contributed by atoms with Gasteiger partial charge in [-0.1, -0.05) is 13.8 Å². The van der Waals surface area contributed by atoms with E-state index in [-0.39, 0.29) is 11.6 Å². The van der Waals surface area contributed by atoms with E-state index in [1.807, 2.05) is 13.0 Å². The van der Waals surface area contributed by atoms with Crippen LogP contribution >= 0.6 is 0 Å². The fourth-order valence-corrected chi connectivity index (χ4v) is 2.11. The Hall–Kier alpha value is -1.69. The zero-order chi connectivity index (χ0) is 13.3. The maximum absolute atomic E-state index is 11.5. The number of hydrogen-bond donors (Lipinski definition) is 2. The number of aryl methyl sites for hydroxylation is 1. The van der Waals surface area contributed by atoms with E-state index < -0.39 is 0 Å². The van der Waals surface area contributed by atoms with Crippen molar-refractivity contribution in [1.82, 2.24) is 24.9 Å². The Morgan fingerprint density at radius 1 is 1.50 bits per heavy atom. The first-order chi connectivity index (χ1) is 8.54. The number of hydrogen-bond acceptors (Lipinski definition) is 4. The second kappa shape index (κ2) is 4.89. The minimum Gasteiger partial charge on any atom is -0.314 e. The average molecular weight is 249 g/mol. The van der Waals surface area contributed by atoms with Gasteiger partial charge in [0.25, 0.3) is 0 Å². The van der Waals surface area contributed by atoms with Crippen LogP contribution in [0.2, 0.25) is 0 Å². The summed E-state index contributed by atoms with van der Waals surface area (Å²) in [5.41, 5.74) is 1.33. The number of aromatic nitrogens is 4. The number of rotatable bonds is 4. The van der Waals surface area contributed by atoms with Crippen LogP contribution in [0.15, 0.2) is 10.9 Å². The predicted octanol–water partition coefficient (Wildman–Crippen LogP) is 0.828. The molecule has 0 fully saturated rings. The molecule has 18 heavy (non-hydrogen) atoms. The van der Waals surface area contributed by atoms with E-state index in [0.29, 0.717) is 17.5 Å². The molecule has 98 valence electrons. The van der Waals surface area contributed by atoms with E-state index in [1.165, 1.54) is 4.40 Å². The van der Waals surface area contributed by atoms with Gasteiger partial charge in [0, 0.05) is 18.0 Å². The van der Waals surface area contributed by atoms with Gasteiger partial charge in [0.05, 0.1) is 5.69 Å². The Labute approximate surface area is 105 Å². The van der Waals surface area contributed by atoms with Crippen LogP contribution in [0.3, 0.4) is 0 Å². The highest BCUT2D eigenvalue weighted by atomic mass is 16.1. The maximum atomic E-state index is 11.5. The lowest BCUT2D eigenvalue weighted by molar-refractivity contribution is 0.486. The van der Waals surface area contributed by atoms with Crippen molar-refractivity contribution < 1.29 is 0 Å². The van der Waals surface area contributed by atoms with Crippen LogP contribution in [0.4, 0.5) is 0 Å². The van der Waals surface area contributed by atoms with Crippen molar-refractivity contribution >= 4 is 5.65 Å². The van der Waals surface area contributed by atoms with Crippen LogP contribution in [0.1, 0.15) is 38.2 Å². The average Bonchev–Trinajstić information content (AvgIpc) is 2.70. The summed E-state index contributed by atoms with van der Waals surface area (Å²) in [5, 5.41) is 9.81. The van der Waals surface area contributed by atoms with Crippen molar-refractivity contribution in [2.45, 2.75) is 39.7 Å². The monoisotopic (exact) mass is 249 g/mol. The van der Waals surface area contributed by atoms with E-state index in [1.54, 1.807) is 0 Å². The largest absolute Gasteiger partial charge is 0.349 e. The molecule has 0 amide bonds. The molecule has 0 aliphatic carbocycles. The molecule has 0 aromatic carbocycles. The van der Waals surface area contributed by atoms with Crippen LogP contribution < -0.4 is 11.0 Å². The highest BCUT2D eigenvalue weighted by Crippen LogP contribution is 2.18. The molecule has 0 saturated carbocycles. The third-order valence-electron chi connectivity index (χ3n) is 3.33. The Kier molecular flexibility index (Phi) is 3.47. The normalized spacial score (nSPS) is 14.9.